The lowest BCUT2D eigenvalue weighted by atomic mass is 10.1. The second-order valence-corrected chi connectivity index (χ2v) is 4.91. The van der Waals surface area contributed by atoms with E-state index in [-0.39, 0.29) is 23.6 Å². The first-order chi connectivity index (χ1) is 12.0. The van der Waals surface area contributed by atoms with Gasteiger partial charge in [-0.05, 0) is 29.8 Å². The van der Waals surface area contributed by atoms with E-state index >= 15 is 0 Å². The monoisotopic (exact) mass is 345 g/mol. The molecule has 0 bridgehead atoms. The highest BCUT2D eigenvalue weighted by Crippen LogP contribution is 2.27. The van der Waals surface area contributed by atoms with Gasteiger partial charge in [0.1, 0.15) is 6.61 Å². The summed E-state index contributed by atoms with van der Waals surface area (Å²) in [7, 11) is 2.59. The second-order valence-electron chi connectivity index (χ2n) is 4.91. The van der Waals surface area contributed by atoms with Crippen LogP contribution in [-0.2, 0) is 16.1 Å². The number of nitrogens with zero attached hydrogens (tertiary/aromatic N) is 1. The minimum absolute atomic E-state index is 0.0404. The second kappa shape index (κ2) is 7.91. The van der Waals surface area contributed by atoms with Gasteiger partial charge in [0.2, 0.25) is 0 Å². The normalized spacial score (nSPS) is 10.0. The zero-order valence-electron chi connectivity index (χ0n) is 13.6. The van der Waals surface area contributed by atoms with E-state index in [1.807, 2.05) is 0 Å². The molecule has 2 aromatic carbocycles. The van der Waals surface area contributed by atoms with Crippen LogP contribution in [0, 0.1) is 10.1 Å². The Morgan fingerprint density at radius 2 is 1.64 bits per heavy atom. The molecule has 0 aliphatic carbocycles. The van der Waals surface area contributed by atoms with Gasteiger partial charge in [0, 0.05) is 6.07 Å². The van der Waals surface area contributed by atoms with Crippen LogP contribution in [0.15, 0.2) is 42.5 Å². The fourth-order valence-electron chi connectivity index (χ4n) is 2.05. The average Bonchev–Trinajstić information content (AvgIpc) is 2.65. The van der Waals surface area contributed by atoms with Crippen molar-refractivity contribution in [3.05, 3.63) is 69.3 Å². The number of ether oxygens (including phenoxy) is 3. The molecule has 0 heterocycles. The van der Waals surface area contributed by atoms with E-state index < -0.39 is 16.9 Å². The molecule has 8 heteroatoms. The van der Waals surface area contributed by atoms with Crippen LogP contribution in [0.3, 0.4) is 0 Å². The Balaban J connectivity index is 2.06. The smallest absolute Gasteiger partial charge is 0.338 e. The number of hydrogen-bond donors (Lipinski definition) is 0. The topological polar surface area (TPSA) is 105 Å². The molecule has 0 saturated heterocycles. The number of benzene rings is 2. The SMILES string of the molecule is COC(=O)c1ccc(COC(=O)c2ccc(OC)c([N+](=O)[O-])c2)cc1. The molecule has 0 unspecified atom stereocenters. The van der Waals surface area contributed by atoms with Crippen LogP contribution in [0.5, 0.6) is 5.75 Å². The summed E-state index contributed by atoms with van der Waals surface area (Å²) >= 11 is 0. The molecule has 0 radical (unpaired) electrons. The van der Waals surface area contributed by atoms with Crippen LogP contribution in [0.2, 0.25) is 0 Å². The maximum Gasteiger partial charge on any atom is 0.338 e. The number of rotatable bonds is 6. The van der Waals surface area contributed by atoms with E-state index in [0.29, 0.717) is 11.1 Å². The lowest BCUT2D eigenvalue weighted by Crippen LogP contribution is -2.07. The molecule has 0 spiro atoms. The molecule has 8 nitrogen and oxygen atoms in total. The number of methoxy groups -OCH3 is 2. The van der Waals surface area contributed by atoms with Gasteiger partial charge >= 0.3 is 17.6 Å². The fourth-order valence-corrected chi connectivity index (χ4v) is 2.05. The zero-order chi connectivity index (χ0) is 18.4. The third kappa shape index (κ3) is 4.31. The highest BCUT2D eigenvalue weighted by Gasteiger charge is 2.19. The number of nitro groups is 1. The first kappa shape index (κ1) is 17.9. The summed E-state index contributed by atoms with van der Waals surface area (Å²) in [6.45, 7) is -0.0416. The molecule has 0 fully saturated rings. The van der Waals surface area contributed by atoms with Crippen LogP contribution in [0.1, 0.15) is 26.3 Å². The molecular formula is C17H15NO7. The summed E-state index contributed by atoms with van der Waals surface area (Å²) < 4.78 is 14.6. The van der Waals surface area contributed by atoms with Gasteiger partial charge in [-0.2, -0.15) is 0 Å². The molecule has 0 N–H and O–H groups in total. The number of esters is 2. The quantitative estimate of drug-likeness (QED) is 0.450. The number of carbonyl (C=O) groups is 2. The summed E-state index contributed by atoms with van der Waals surface area (Å²) in [6, 6.07) is 10.2. The van der Waals surface area contributed by atoms with Crippen molar-refractivity contribution in [1.82, 2.24) is 0 Å². The Morgan fingerprint density at radius 3 is 2.20 bits per heavy atom. The first-order valence-corrected chi connectivity index (χ1v) is 7.13. The number of carbonyl (C=O) groups excluding carboxylic acids is 2. The molecular weight excluding hydrogens is 330 g/mol. The van der Waals surface area contributed by atoms with Crippen molar-refractivity contribution in [2.75, 3.05) is 14.2 Å². The summed E-state index contributed by atoms with van der Waals surface area (Å²) in [6.07, 6.45) is 0. The van der Waals surface area contributed by atoms with Crippen LogP contribution < -0.4 is 4.74 Å². The van der Waals surface area contributed by atoms with Crippen molar-refractivity contribution < 1.29 is 28.7 Å². The van der Waals surface area contributed by atoms with Crippen molar-refractivity contribution in [2.24, 2.45) is 0 Å². The zero-order valence-corrected chi connectivity index (χ0v) is 13.6. The molecule has 2 rings (SSSR count). The molecule has 0 saturated carbocycles. The Kier molecular flexibility index (Phi) is 5.67. The van der Waals surface area contributed by atoms with Gasteiger partial charge in [0.05, 0.1) is 30.3 Å². The minimum Gasteiger partial charge on any atom is -0.490 e. The molecule has 0 atom stereocenters. The standard InChI is InChI=1S/C17H15NO7/c1-23-15-8-7-13(9-14(15)18(21)22)17(20)25-10-11-3-5-12(6-4-11)16(19)24-2/h3-9H,10H2,1-2H3. The Labute approximate surface area is 143 Å². The van der Waals surface area contributed by atoms with Crippen molar-refractivity contribution in [1.29, 1.82) is 0 Å². The predicted molar refractivity (Wildman–Crippen MR) is 86.5 cm³/mol. The summed E-state index contributed by atoms with van der Waals surface area (Å²) in [5.74, 6) is -1.11. The van der Waals surface area contributed by atoms with Crippen molar-refractivity contribution >= 4 is 17.6 Å². The van der Waals surface area contributed by atoms with Gasteiger partial charge in [-0.3, -0.25) is 10.1 Å². The van der Waals surface area contributed by atoms with E-state index in [2.05, 4.69) is 4.74 Å². The van der Waals surface area contributed by atoms with E-state index in [1.165, 1.54) is 26.4 Å². The number of nitro benzene ring substituents is 1. The van der Waals surface area contributed by atoms with Crippen LogP contribution in [0.4, 0.5) is 5.69 Å². The van der Waals surface area contributed by atoms with Crippen LogP contribution in [0.25, 0.3) is 0 Å². The fraction of sp³-hybridized carbons (Fsp3) is 0.176. The molecule has 25 heavy (non-hydrogen) atoms. The maximum atomic E-state index is 12.1. The van der Waals surface area contributed by atoms with Crippen molar-refractivity contribution in [3.63, 3.8) is 0 Å². The Hall–Kier alpha value is -3.42. The largest absolute Gasteiger partial charge is 0.490 e. The third-order valence-electron chi connectivity index (χ3n) is 3.36. The highest BCUT2D eigenvalue weighted by molar-refractivity contribution is 5.91. The highest BCUT2D eigenvalue weighted by atomic mass is 16.6. The van der Waals surface area contributed by atoms with Gasteiger partial charge in [0.15, 0.2) is 5.75 Å². The molecule has 130 valence electrons. The van der Waals surface area contributed by atoms with E-state index in [4.69, 9.17) is 9.47 Å². The molecule has 2 aromatic rings. The minimum atomic E-state index is -0.706. The van der Waals surface area contributed by atoms with Gasteiger partial charge in [-0.1, -0.05) is 12.1 Å². The maximum absolute atomic E-state index is 12.1. The average molecular weight is 345 g/mol. The Morgan fingerprint density at radius 1 is 1.00 bits per heavy atom. The Bertz CT molecular complexity index is 799. The summed E-state index contributed by atoms with van der Waals surface area (Å²) in [4.78, 5) is 33.7. The van der Waals surface area contributed by atoms with E-state index in [9.17, 15) is 19.7 Å². The summed E-state index contributed by atoms with van der Waals surface area (Å²) in [5.41, 5.74) is 0.755. The van der Waals surface area contributed by atoms with E-state index in [1.54, 1.807) is 24.3 Å². The van der Waals surface area contributed by atoms with Gasteiger partial charge in [-0.15, -0.1) is 0 Å². The van der Waals surface area contributed by atoms with Crippen molar-refractivity contribution in [3.8, 4) is 5.75 Å². The molecule has 0 aliphatic heterocycles. The molecule has 0 aliphatic rings. The van der Waals surface area contributed by atoms with Crippen molar-refractivity contribution in [2.45, 2.75) is 6.61 Å². The molecule has 0 amide bonds. The molecule has 0 aromatic heterocycles. The van der Waals surface area contributed by atoms with Crippen LogP contribution >= 0.6 is 0 Å². The summed E-state index contributed by atoms with van der Waals surface area (Å²) in [5, 5.41) is 11.0. The van der Waals surface area contributed by atoms with Gasteiger partial charge < -0.3 is 14.2 Å². The van der Waals surface area contributed by atoms with Gasteiger partial charge in [-0.25, -0.2) is 9.59 Å². The lowest BCUT2D eigenvalue weighted by molar-refractivity contribution is -0.385. The number of hydrogen-bond acceptors (Lipinski definition) is 7. The first-order valence-electron chi connectivity index (χ1n) is 7.13. The predicted octanol–water partition coefficient (Wildman–Crippen LogP) is 2.75. The third-order valence-corrected chi connectivity index (χ3v) is 3.36. The van der Waals surface area contributed by atoms with Gasteiger partial charge in [0.25, 0.3) is 0 Å². The lowest BCUT2D eigenvalue weighted by Gasteiger charge is -2.07. The van der Waals surface area contributed by atoms with Crippen LogP contribution in [-0.4, -0.2) is 31.1 Å². The van der Waals surface area contributed by atoms with E-state index in [0.717, 1.165) is 6.07 Å².